The van der Waals surface area contributed by atoms with Gasteiger partial charge in [0.2, 0.25) is 5.91 Å². The number of carbonyl (C=O) groups is 1. The molecule has 7 heteroatoms. The second kappa shape index (κ2) is 5.95. The van der Waals surface area contributed by atoms with E-state index in [1.54, 1.807) is 11.3 Å². The van der Waals surface area contributed by atoms with Gasteiger partial charge >= 0.3 is 0 Å². The molecular formula is C14H18N4O2S. The summed E-state index contributed by atoms with van der Waals surface area (Å²) in [6.07, 6.45) is 2.21. The first-order valence-corrected chi connectivity index (χ1v) is 7.91. The molecule has 0 bridgehead atoms. The average molecular weight is 306 g/mol. The molecule has 1 aliphatic rings. The van der Waals surface area contributed by atoms with Crippen molar-refractivity contribution in [3.05, 3.63) is 34.0 Å². The quantitative estimate of drug-likeness (QED) is 0.863. The fourth-order valence-corrected chi connectivity index (χ4v) is 3.34. The number of hydrogen-bond donors (Lipinski definition) is 2. The normalized spacial score (nSPS) is 21.0. The van der Waals surface area contributed by atoms with Crippen LogP contribution >= 0.6 is 11.3 Å². The highest BCUT2D eigenvalue weighted by molar-refractivity contribution is 7.07. The minimum Gasteiger partial charge on any atom is -0.388 e. The third-order valence-electron chi connectivity index (χ3n) is 3.95. The van der Waals surface area contributed by atoms with Gasteiger partial charge in [0, 0.05) is 19.0 Å². The van der Waals surface area contributed by atoms with Crippen LogP contribution in [0.1, 0.15) is 36.0 Å². The second-order valence-electron chi connectivity index (χ2n) is 5.43. The van der Waals surface area contributed by atoms with Gasteiger partial charge < -0.3 is 15.0 Å². The third kappa shape index (κ3) is 2.98. The summed E-state index contributed by atoms with van der Waals surface area (Å²) in [4.78, 5) is 11.9. The van der Waals surface area contributed by atoms with E-state index in [0.29, 0.717) is 18.2 Å². The number of amides is 1. The maximum Gasteiger partial charge on any atom is 0.224 e. The number of rotatable bonds is 5. The summed E-state index contributed by atoms with van der Waals surface area (Å²) < 4.78 is 1.84. The molecule has 0 aromatic carbocycles. The van der Waals surface area contributed by atoms with Crippen molar-refractivity contribution < 1.29 is 9.90 Å². The molecule has 2 aromatic rings. The summed E-state index contributed by atoms with van der Waals surface area (Å²) in [7, 11) is 1.86. The number of hydrogen-bond acceptors (Lipinski definition) is 5. The van der Waals surface area contributed by atoms with E-state index < -0.39 is 0 Å². The highest BCUT2D eigenvalue weighted by Crippen LogP contribution is 2.35. The minimum absolute atomic E-state index is 0.0749. The van der Waals surface area contributed by atoms with Crippen LogP contribution in [0.3, 0.4) is 0 Å². The van der Waals surface area contributed by atoms with E-state index in [-0.39, 0.29) is 18.6 Å². The van der Waals surface area contributed by atoms with Gasteiger partial charge in [0.15, 0.2) is 5.82 Å². The number of aliphatic hydroxyl groups is 1. The van der Waals surface area contributed by atoms with Crippen molar-refractivity contribution in [1.82, 2.24) is 20.1 Å². The SMILES string of the molecule is Cn1c(CO)nnc1C1CC(NC(=O)Cc2ccsc2)C1. The maximum atomic E-state index is 11.9. The van der Waals surface area contributed by atoms with Crippen molar-refractivity contribution in [1.29, 1.82) is 0 Å². The fourth-order valence-electron chi connectivity index (χ4n) is 2.67. The molecule has 0 aliphatic heterocycles. The molecule has 0 saturated heterocycles. The van der Waals surface area contributed by atoms with E-state index in [1.807, 2.05) is 28.4 Å². The van der Waals surface area contributed by atoms with E-state index in [0.717, 1.165) is 24.2 Å². The van der Waals surface area contributed by atoms with Crippen LogP contribution in [0.25, 0.3) is 0 Å². The summed E-state index contributed by atoms with van der Waals surface area (Å²) in [5.74, 6) is 1.86. The Labute approximate surface area is 126 Å². The molecule has 0 atom stereocenters. The molecule has 3 rings (SSSR count). The molecule has 21 heavy (non-hydrogen) atoms. The number of nitrogens with one attached hydrogen (secondary N) is 1. The highest BCUT2D eigenvalue weighted by atomic mass is 32.1. The van der Waals surface area contributed by atoms with Gasteiger partial charge in [-0.15, -0.1) is 10.2 Å². The number of thiophene rings is 1. The standard InChI is InChI=1S/C14H18N4O2S/c1-18-12(7-19)16-17-14(18)10-5-11(6-10)15-13(20)4-9-2-3-21-8-9/h2-3,8,10-11,19H,4-7H2,1H3,(H,15,20). The van der Waals surface area contributed by atoms with E-state index in [4.69, 9.17) is 5.11 Å². The van der Waals surface area contributed by atoms with Crippen molar-refractivity contribution >= 4 is 17.2 Å². The average Bonchev–Trinajstić information content (AvgIpc) is 3.03. The van der Waals surface area contributed by atoms with Gasteiger partial charge in [0.25, 0.3) is 0 Å². The van der Waals surface area contributed by atoms with Crippen LogP contribution < -0.4 is 5.32 Å². The van der Waals surface area contributed by atoms with Crippen LogP contribution in [-0.2, 0) is 24.9 Å². The lowest BCUT2D eigenvalue weighted by molar-refractivity contribution is -0.121. The Bertz CT molecular complexity index is 617. The zero-order chi connectivity index (χ0) is 14.8. The van der Waals surface area contributed by atoms with Gasteiger partial charge in [0.1, 0.15) is 12.4 Å². The van der Waals surface area contributed by atoms with Crippen LogP contribution in [0.15, 0.2) is 16.8 Å². The van der Waals surface area contributed by atoms with Crippen molar-refractivity contribution in [3.8, 4) is 0 Å². The van der Waals surface area contributed by atoms with E-state index in [2.05, 4.69) is 15.5 Å². The first-order chi connectivity index (χ1) is 10.2. The Morgan fingerprint density at radius 2 is 2.33 bits per heavy atom. The Morgan fingerprint density at radius 3 is 2.95 bits per heavy atom. The van der Waals surface area contributed by atoms with E-state index in [1.165, 1.54) is 0 Å². The van der Waals surface area contributed by atoms with Gasteiger partial charge in [-0.3, -0.25) is 4.79 Å². The van der Waals surface area contributed by atoms with Gasteiger partial charge in [-0.25, -0.2) is 0 Å². The Morgan fingerprint density at radius 1 is 1.52 bits per heavy atom. The lowest BCUT2D eigenvalue weighted by atomic mass is 9.79. The lowest BCUT2D eigenvalue weighted by Crippen LogP contribution is -2.44. The predicted octanol–water partition coefficient (Wildman–Crippen LogP) is 0.974. The molecular weight excluding hydrogens is 288 g/mol. The summed E-state index contributed by atoms with van der Waals surface area (Å²) in [5.41, 5.74) is 1.06. The first kappa shape index (κ1) is 14.2. The predicted molar refractivity (Wildman–Crippen MR) is 78.9 cm³/mol. The number of carbonyl (C=O) groups excluding carboxylic acids is 1. The first-order valence-electron chi connectivity index (χ1n) is 6.97. The highest BCUT2D eigenvalue weighted by Gasteiger charge is 2.34. The van der Waals surface area contributed by atoms with Crippen molar-refractivity contribution in [2.24, 2.45) is 7.05 Å². The number of aromatic nitrogens is 3. The summed E-state index contributed by atoms with van der Waals surface area (Å²) >= 11 is 1.61. The van der Waals surface area contributed by atoms with Gasteiger partial charge in [-0.1, -0.05) is 0 Å². The Kier molecular flexibility index (Phi) is 4.03. The molecule has 2 heterocycles. The lowest BCUT2D eigenvalue weighted by Gasteiger charge is -2.35. The second-order valence-corrected chi connectivity index (χ2v) is 6.21. The Hall–Kier alpha value is -1.73. The number of nitrogens with zero attached hydrogens (tertiary/aromatic N) is 3. The van der Waals surface area contributed by atoms with Crippen molar-refractivity contribution in [2.75, 3.05) is 0 Å². The van der Waals surface area contributed by atoms with Crippen molar-refractivity contribution in [2.45, 2.75) is 37.8 Å². The number of aliphatic hydroxyl groups excluding tert-OH is 1. The van der Waals surface area contributed by atoms with Crippen LogP contribution in [0.4, 0.5) is 0 Å². The molecule has 1 amide bonds. The molecule has 112 valence electrons. The molecule has 0 unspecified atom stereocenters. The molecule has 1 fully saturated rings. The monoisotopic (exact) mass is 306 g/mol. The molecule has 1 aliphatic carbocycles. The molecule has 0 spiro atoms. The van der Waals surface area contributed by atoms with E-state index in [9.17, 15) is 4.79 Å². The zero-order valence-electron chi connectivity index (χ0n) is 11.8. The van der Waals surface area contributed by atoms with Gasteiger partial charge in [-0.05, 0) is 35.2 Å². The Balaban J connectivity index is 1.49. The van der Waals surface area contributed by atoms with Crippen LogP contribution in [0, 0.1) is 0 Å². The smallest absolute Gasteiger partial charge is 0.224 e. The minimum atomic E-state index is -0.100. The van der Waals surface area contributed by atoms with Gasteiger partial charge in [0.05, 0.1) is 6.42 Å². The zero-order valence-corrected chi connectivity index (χ0v) is 12.6. The van der Waals surface area contributed by atoms with Crippen molar-refractivity contribution in [3.63, 3.8) is 0 Å². The van der Waals surface area contributed by atoms with Crippen LogP contribution in [0.5, 0.6) is 0 Å². The maximum absolute atomic E-state index is 11.9. The van der Waals surface area contributed by atoms with Gasteiger partial charge in [-0.2, -0.15) is 11.3 Å². The summed E-state index contributed by atoms with van der Waals surface area (Å²) in [6.45, 7) is -0.100. The summed E-state index contributed by atoms with van der Waals surface area (Å²) in [5, 5.41) is 24.2. The molecule has 0 radical (unpaired) electrons. The van der Waals surface area contributed by atoms with Crippen LogP contribution in [-0.4, -0.2) is 31.8 Å². The van der Waals surface area contributed by atoms with Crippen LogP contribution in [0.2, 0.25) is 0 Å². The topological polar surface area (TPSA) is 80.0 Å². The fraction of sp³-hybridized carbons (Fsp3) is 0.500. The summed E-state index contributed by atoms with van der Waals surface area (Å²) in [6, 6.07) is 2.19. The third-order valence-corrected chi connectivity index (χ3v) is 4.69. The molecule has 1 saturated carbocycles. The molecule has 6 nitrogen and oxygen atoms in total. The molecule has 2 N–H and O–H groups in total. The van der Waals surface area contributed by atoms with E-state index >= 15 is 0 Å². The largest absolute Gasteiger partial charge is 0.388 e. The molecule has 2 aromatic heterocycles.